The molecule has 0 fully saturated rings. The number of nitrogens with zero attached hydrogens (tertiary/aromatic N) is 1. The van der Waals surface area contributed by atoms with Crippen molar-refractivity contribution in [3.05, 3.63) is 0 Å². The summed E-state index contributed by atoms with van der Waals surface area (Å²) in [4.78, 5) is 0. The monoisotopic (exact) mass is 203 g/mol. The van der Waals surface area contributed by atoms with Crippen molar-refractivity contribution in [2.24, 2.45) is 0 Å². The molecular weight excluding hydrogens is 186 g/mol. The summed E-state index contributed by atoms with van der Waals surface area (Å²) < 4.78 is 24.1. The fraction of sp³-hybridized carbons (Fsp3) is 0.778. The van der Waals surface area contributed by atoms with E-state index in [4.69, 9.17) is 6.42 Å². The van der Waals surface area contributed by atoms with E-state index in [9.17, 15) is 8.42 Å². The van der Waals surface area contributed by atoms with Crippen molar-refractivity contribution in [3.8, 4) is 12.3 Å². The van der Waals surface area contributed by atoms with Crippen LogP contribution >= 0.6 is 0 Å². The normalized spacial score (nSPS) is 12.9. The molecule has 0 N–H and O–H groups in total. The SMILES string of the molecule is C#CCN(CC)S(=O)(=O)C(C)(C)C. The molecule has 0 heterocycles. The van der Waals surface area contributed by atoms with E-state index in [1.807, 2.05) is 0 Å². The summed E-state index contributed by atoms with van der Waals surface area (Å²) in [6, 6.07) is 0. The van der Waals surface area contributed by atoms with Gasteiger partial charge >= 0.3 is 0 Å². The molecule has 0 radical (unpaired) electrons. The maximum Gasteiger partial charge on any atom is 0.219 e. The third-order valence-electron chi connectivity index (χ3n) is 1.73. The molecule has 4 heteroatoms. The zero-order valence-electron chi connectivity index (χ0n) is 8.66. The average Bonchev–Trinajstić information content (AvgIpc) is 1.97. The molecule has 0 bridgehead atoms. The molecule has 0 spiro atoms. The lowest BCUT2D eigenvalue weighted by molar-refractivity contribution is 0.439. The van der Waals surface area contributed by atoms with E-state index < -0.39 is 14.8 Å². The van der Waals surface area contributed by atoms with Crippen LogP contribution in [-0.2, 0) is 10.0 Å². The lowest BCUT2D eigenvalue weighted by Crippen LogP contribution is -2.42. The first kappa shape index (κ1) is 12.5. The van der Waals surface area contributed by atoms with Crippen LogP contribution in [0.5, 0.6) is 0 Å². The van der Waals surface area contributed by atoms with Gasteiger partial charge in [0.15, 0.2) is 0 Å². The molecule has 0 aromatic rings. The maximum absolute atomic E-state index is 11.8. The highest BCUT2D eigenvalue weighted by Gasteiger charge is 2.33. The standard InChI is InChI=1S/C9H17NO2S/c1-6-8-10(7-2)13(11,12)9(3,4)5/h1H,7-8H2,2-5H3. The Balaban J connectivity index is 4.93. The lowest BCUT2D eigenvalue weighted by atomic mass is 10.3. The molecule has 0 amide bonds. The summed E-state index contributed by atoms with van der Waals surface area (Å²) in [5.41, 5.74) is 0. The molecular formula is C9H17NO2S. The Morgan fingerprint density at radius 2 is 1.85 bits per heavy atom. The van der Waals surface area contributed by atoms with Gasteiger partial charge in [-0.1, -0.05) is 12.8 Å². The predicted molar refractivity (Wildman–Crippen MR) is 54.8 cm³/mol. The number of terminal acetylenes is 1. The van der Waals surface area contributed by atoms with Crippen LogP contribution in [0.1, 0.15) is 27.7 Å². The quantitative estimate of drug-likeness (QED) is 0.643. The van der Waals surface area contributed by atoms with Gasteiger partial charge in [0.25, 0.3) is 0 Å². The van der Waals surface area contributed by atoms with Crippen LogP contribution in [-0.4, -0.2) is 30.6 Å². The Labute approximate surface area is 81.2 Å². The summed E-state index contributed by atoms with van der Waals surface area (Å²) in [5, 5.41) is 0. The van der Waals surface area contributed by atoms with Gasteiger partial charge in [-0.15, -0.1) is 6.42 Å². The second-order valence-corrected chi connectivity index (χ2v) is 6.44. The number of sulfonamides is 1. The van der Waals surface area contributed by atoms with Crippen LogP contribution in [0.2, 0.25) is 0 Å². The average molecular weight is 203 g/mol. The summed E-state index contributed by atoms with van der Waals surface area (Å²) in [6.07, 6.45) is 5.09. The minimum absolute atomic E-state index is 0.149. The van der Waals surface area contributed by atoms with E-state index in [1.54, 1.807) is 27.7 Å². The zero-order valence-corrected chi connectivity index (χ0v) is 9.48. The van der Waals surface area contributed by atoms with E-state index in [2.05, 4.69) is 5.92 Å². The number of rotatable bonds is 3. The summed E-state index contributed by atoms with van der Waals surface area (Å²) in [7, 11) is -3.26. The molecule has 76 valence electrons. The van der Waals surface area contributed by atoms with Crippen LogP contribution in [0.15, 0.2) is 0 Å². The zero-order chi connectivity index (χ0) is 10.7. The van der Waals surface area contributed by atoms with Crippen molar-refractivity contribution in [2.75, 3.05) is 13.1 Å². The molecule has 0 aliphatic rings. The van der Waals surface area contributed by atoms with Crippen molar-refractivity contribution in [2.45, 2.75) is 32.4 Å². The summed E-state index contributed by atoms with van der Waals surface area (Å²) in [5.74, 6) is 2.34. The Morgan fingerprint density at radius 3 is 2.08 bits per heavy atom. The third-order valence-corrected chi connectivity index (χ3v) is 4.35. The van der Waals surface area contributed by atoms with Crippen LogP contribution in [0, 0.1) is 12.3 Å². The highest BCUT2D eigenvalue weighted by Crippen LogP contribution is 2.19. The molecule has 3 nitrogen and oxygen atoms in total. The molecule has 13 heavy (non-hydrogen) atoms. The molecule has 0 unspecified atom stereocenters. The van der Waals surface area contributed by atoms with Gasteiger partial charge in [-0.25, -0.2) is 8.42 Å². The van der Waals surface area contributed by atoms with Gasteiger partial charge < -0.3 is 0 Å². The first-order chi connectivity index (χ1) is 5.77. The molecule has 0 aliphatic heterocycles. The largest absolute Gasteiger partial charge is 0.219 e. The molecule has 0 aromatic heterocycles. The van der Waals surface area contributed by atoms with Gasteiger partial charge in [-0.2, -0.15) is 4.31 Å². The number of hydrogen-bond acceptors (Lipinski definition) is 2. The van der Waals surface area contributed by atoms with Crippen molar-refractivity contribution in [1.29, 1.82) is 0 Å². The lowest BCUT2D eigenvalue weighted by Gasteiger charge is -2.27. The molecule has 0 aliphatic carbocycles. The van der Waals surface area contributed by atoms with E-state index in [0.717, 1.165) is 0 Å². The van der Waals surface area contributed by atoms with Crippen molar-refractivity contribution >= 4 is 10.0 Å². The van der Waals surface area contributed by atoms with E-state index in [0.29, 0.717) is 6.54 Å². The van der Waals surface area contributed by atoms with E-state index in [1.165, 1.54) is 4.31 Å². The Morgan fingerprint density at radius 1 is 1.38 bits per heavy atom. The van der Waals surface area contributed by atoms with Gasteiger partial charge in [0.2, 0.25) is 10.0 Å². The molecule has 0 rings (SSSR count). The predicted octanol–water partition coefficient (Wildman–Crippen LogP) is 1.07. The van der Waals surface area contributed by atoms with Gasteiger partial charge in [0.1, 0.15) is 0 Å². The van der Waals surface area contributed by atoms with Gasteiger partial charge in [-0.05, 0) is 20.8 Å². The second-order valence-electron chi connectivity index (χ2n) is 3.75. The molecule has 0 saturated carbocycles. The van der Waals surface area contributed by atoms with Crippen molar-refractivity contribution in [1.82, 2.24) is 4.31 Å². The highest BCUT2D eigenvalue weighted by molar-refractivity contribution is 7.90. The first-order valence-electron chi connectivity index (χ1n) is 4.20. The fourth-order valence-electron chi connectivity index (χ4n) is 0.856. The van der Waals surface area contributed by atoms with Crippen molar-refractivity contribution < 1.29 is 8.42 Å². The van der Waals surface area contributed by atoms with Crippen LogP contribution in [0.4, 0.5) is 0 Å². The number of hydrogen-bond donors (Lipinski definition) is 0. The van der Waals surface area contributed by atoms with Gasteiger partial charge in [0, 0.05) is 6.54 Å². The minimum atomic E-state index is -3.26. The fourth-order valence-corrected chi connectivity index (χ4v) is 2.21. The molecule has 0 aromatic carbocycles. The maximum atomic E-state index is 11.8. The Bertz CT molecular complexity index is 293. The van der Waals surface area contributed by atoms with Crippen LogP contribution in [0.3, 0.4) is 0 Å². The van der Waals surface area contributed by atoms with E-state index >= 15 is 0 Å². The summed E-state index contributed by atoms with van der Waals surface area (Å²) >= 11 is 0. The third kappa shape index (κ3) is 2.71. The Kier molecular flexibility index (Phi) is 3.95. The first-order valence-corrected chi connectivity index (χ1v) is 5.64. The van der Waals surface area contributed by atoms with Gasteiger partial charge in [-0.3, -0.25) is 0 Å². The highest BCUT2D eigenvalue weighted by atomic mass is 32.2. The summed E-state index contributed by atoms with van der Waals surface area (Å²) in [6.45, 7) is 7.35. The smallest absolute Gasteiger partial charge is 0.212 e. The van der Waals surface area contributed by atoms with E-state index in [-0.39, 0.29) is 6.54 Å². The second kappa shape index (κ2) is 4.12. The van der Waals surface area contributed by atoms with Crippen LogP contribution < -0.4 is 0 Å². The topological polar surface area (TPSA) is 37.4 Å². The van der Waals surface area contributed by atoms with Crippen LogP contribution in [0.25, 0.3) is 0 Å². The molecule has 0 atom stereocenters. The van der Waals surface area contributed by atoms with Crippen molar-refractivity contribution in [3.63, 3.8) is 0 Å². The Hall–Kier alpha value is -0.530. The minimum Gasteiger partial charge on any atom is -0.212 e. The molecule has 0 saturated heterocycles. The van der Waals surface area contributed by atoms with Gasteiger partial charge in [0.05, 0.1) is 11.3 Å².